The molecule has 0 atom stereocenters. The number of hydrogen-bond donors (Lipinski definition) is 1. The molecule has 0 saturated heterocycles. The fraction of sp³-hybridized carbons (Fsp3) is 0.429. The zero-order valence-corrected chi connectivity index (χ0v) is 13.7. The van der Waals surface area contributed by atoms with E-state index in [1.165, 1.54) is 11.3 Å². The first-order valence-corrected chi connectivity index (χ1v) is 8.30. The summed E-state index contributed by atoms with van der Waals surface area (Å²) in [6.07, 6.45) is 3.05. The van der Waals surface area contributed by atoms with Crippen molar-refractivity contribution >= 4 is 27.3 Å². The fourth-order valence-electron chi connectivity index (χ4n) is 1.80. The maximum Gasteiger partial charge on any atom is 0.150 e. The molecule has 108 valence electrons. The van der Waals surface area contributed by atoms with Gasteiger partial charge in [-0.1, -0.05) is 24.3 Å². The molecule has 0 spiro atoms. The van der Waals surface area contributed by atoms with Gasteiger partial charge in [-0.15, -0.1) is 10.2 Å². The van der Waals surface area contributed by atoms with Crippen molar-refractivity contribution in [3.63, 3.8) is 0 Å². The van der Waals surface area contributed by atoms with E-state index in [4.69, 9.17) is 0 Å². The van der Waals surface area contributed by atoms with Gasteiger partial charge < -0.3 is 5.32 Å². The number of nitrogens with zero attached hydrogens (tertiary/aromatic N) is 2. The molecule has 6 heteroatoms. The second-order valence-corrected chi connectivity index (χ2v) is 6.37. The predicted molar refractivity (Wildman–Crippen MR) is 84.5 cm³/mol. The molecule has 0 aliphatic heterocycles. The van der Waals surface area contributed by atoms with Crippen LogP contribution in [-0.2, 0) is 6.42 Å². The highest BCUT2D eigenvalue weighted by atomic mass is 79.9. The van der Waals surface area contributed by atoms with Crippen LogP contribution in [0.15, 0.2) is 22.7 Å². The first kappa shape index (κ1) is 15.5. The molecule has 1 aromatic heterocycles. The number of rotatable bonds is 7. The lowest BCUT2D eigenvalue weighted by Crippen LogP contribution is -2.16. The monoisotopic (exact) mass is 357 g/mol. The van der Waals surface area contributed by atoms with Crippen LogP contribution in [0.1, 0.15) is 24.8 Å². The molecule has 1 aromatic carbocycles. The van der Waals surface area contributed by atoms with Crippen molar-refractivity contribution in [1.29, 1.82) is 0 Å². The van der Waals surface area contributed by atoms with E-state index in [1.807, 2.05) is 0 Å². The smallest absolute Gasteiger partial charge is 0.150 e. The normalized spacial score (nSPS) is 10.9. The zero-order chi connectivity index (χ0) is 14.4. The Morgan fingerprint density at radius 2 is 2.15 bits per heavy atom. The van der Waals surface area contributed by atoms with Gasteiger partial charge in [-0.3, -0.25) is 0 Å². The lowest BCUT2D eigenvalue weighted by molar-refractivity contribution is 0.624. The highest BCUT2D eigenvalue weighted by Gasteiger charge is 2.12. The molecule has 3 nitrogen and oxygen atoms in total. The highest BCUT2D eigenvalue weighted by Crippen LogP contribution is 2.30. The van der Waals surface area contributed by atoms with Crippen molar-refractivity contribution < 1.29 is 4.39 Å². The number of benzene rings is 1. The van der Waals surface area contributed by atoms with Crippen LogP contribution in [0.4, 0.5) is 4.39 Å². The molecule has 0 saturated carbocycles. The molecule has 20 heavy (non-hydrogen) atoms. The van der Waals surface area contributed by atoms with E-state index < -0.39 is 0 Å². The Bertz CT molecular complexity index is 559. The molecule has 0 unspecified atom stereocenters. The predicted octanol–water partition coefficient (Wildman–Crippen LogP) is 4.04. The summed E-state index contributed by atoms with van der Waals surface area (Å²) < 4.78 is 14.4. The molecule has 0 aliphatic rings. The van der Waals surface area contributed by atoms with Crippen molar-refractivity contribution in [2.45, 2.75) is 26.2 Å². The summed E-state index contributed by atoms with van der Waals surface area (Å²) in [6, 6.07) is 5.21. The SMILES string of the molecule is CCCNCCCc1nnc(-c2cccc(Br)c2F)s1. The largest absolute Gasteiger partial charge is 0.317 e. The molecule has 0 amide bonds. The van der Waals surface area contributed by atoms with Gasteiger partial charge in [0.1, 0.15) is 10.8 Å². The van der Waals surface area contributed by atoms with E-state index in [0.717, 1.165) is 37.4 Å². The van der Waals surface area contributed by atoms with Gasteiger partial charge in [0.15, 0.2) is 5.01 Å². The number of halogens is 2. The minimum absolute atomic E-state index is 0.278. The van der Waals surface area contributed by atoms with E-state index in [1.54, 1.807) is 18.2 Å². The molecule has 0 fully saturated rings. The highest BCUT2D eigenvalue weighted by molar-refractivity contribution is 9.10. The minimum Gasteiger partial charge on any atom is -0.317 e. The average molecular weight is 358 g/mol. The Labute approximate surface area is 130 Å². The quantitative estimate of drug-likeness (QED) is 0.759. The average Bonchev–Trinajstić information content (AvgIpc) is 2.90. The molecule has 2 aromatic rings. The summed E-state index contributed by atoms with van der Waals surface area (Å²) >= 11 is 4.65. The molecular formula is C14H17BrFN3S. The number of aryl methyl sites for hydroxylation is 1. The Balaban J connectivity index is 1.97. The van der Waals surface area contributed by atoms with Crippen molar-refractivity contribution in [3.8, 4) is 10.6 Å². The number of hydrogen-bond acceptors (Lipinski definition) is 4. The van der Waals surface area contributed by atoms with E-state index in [0.29, 0.717) is 15.0 Å². The zero-order valence-electron chi connectivity index (χ0n) is 11.3. The lowest BCUT2D eigenvalue weighted by Gasteiger charge is -2.00. The minimum atomic E-state index is -0.278. The summed E-state index contributed by atoms with van der Waals surface area (Å²) in [6.45, 7) is 4.18. The Morgan fingerprint density at radius 3 is 2.95 bits per heavy atom. The van der Waals surface area contributed by atoms with Crippen molar-refractivity contribution in [3.05, 3.63) is 33.5 Å². The molecule has 2 rings (SSSR count). The summed E-state index contributed by atoms with van der Waals surface area (Å²) in [5.41, 5.74) is 0.507. The van der Waals surface area contributed by atoms with Crippen molar-refractivity contribution in [2.75, 3.05) is 13.1 Å². The third-order valence-electron chi connectivity index (χ3n) is 2.82. The molecule has 1 N–H and O–H groups in total. The van der Waals surface area contributed by atoms with Gasteiger partial charge in [0.05, 0.1) is 4.47 Å². The molecule has 0 bridgehead atoms. The van der Waals surface area contributed by atoms with Gasteiger partial charge in [-0.05, 0) is 54.0 Å². The molecule has 1 heterocycles. The van der Waals surface area contributed by atoms with Gasteiger partial charge >= 0.3 is 0 Å². The van der Waals surface area contributed by atoms with Crippen LogP contribution in [0, 0.1) is 5.82 Å². The van der Waals surface area contributed by atoms with Crippen molar-refractivity contribution in [1.82, 2.24) is 15.5 Å². The van der Waals surface area contributed by atoms with Crippen LogP contribution < -0.4 is 5.32 Å². The van der Waals surface area contributed by atoms with Crippen molar-refractivity contribution in [2.24, 2.45) is 0 Å². The van der Waals surface area contributed by atoms with Crippen LogP contribution in [0.5, 0.6) is 0 Å². The lowest BCUT2D eigenvalue weighted by atomic mass is 10.2. The summed E-state index contributed by atoms with van der Waals surface area (Å²) in [5.74, 6) is -0.278. The van der Waals surface area contributed by atoms with E-state index >= 15 is 0 Å². The number of aromatic nitrogens is 2. The van der Waals surface area contributed by atoms with Gasteiger partial charge in [-0.2, -0.15) is 0 Å². The third kappa shape index (κ3) is 4.07. The van der Waals surface area contributed by atoms with E-state index in [-0.39, 0.29) is 5.82 Å². The maximum atomic E-state index is 14.0. The summed E-state index contributed by atoms with van der Waals surface area (Å²) in [7, 11) is 0. The molecular weight excluding hydrogens is 341 g/mol. The second-order valence-electron chi connectivity index (χ2n) is 4.46. The van der Waals surface area contributed by atoms with Crippen LogP contribution in [0.3, 0.4) is 0 Å². The van der Waals surface area contributed by atoms with Crippen LogP contribution in [-0.4, -0.2) is 23.3 Å². The van der Waals surface area contributed by atoms with Crippen LogP contribution >= 0.6 is 27.3 Å². The van der Waals surface area contributed by atoms with Crippen LogP contribution in [0.2, 0.25) is 0 Å². The Hall–Kier alpha value is -0.850. The maximum absolute atomic E-state index is 14.0. The molecule has 0 radical (unpaired) electrons. The third-order valence-corrected chi connectivity index (χ3v) is 4.45. The summed E-state index contributed by atoms with van der Waals surface area (Å²) in [5, 5.41) is 13.2. The van der Waals surface area contributed by atoms with Gasteiger partial charge in [0.2, 0.25) is 0 Å². The fourth-order valence-corrected chi connectivity index (χ4v) is 3.07. The second kappa shape index (κ2) is 7.81. The molecule has 0 aliphatic carbocycles. The Morgan fingerprint density at radius 1 is 1.30 bits per heavy atom. The van der Waals surface area contributed by atoms with E-state index in [9.17, 15) is 4.39 Å². The van der Waals surface area contributed by atoms with Gasteiger partial charge in [0, 0.05) is 12.0 Å². The topological polar surface area (TPSA) is 37.8 Å². The first-order valence-electron chi connectivity index (χ1n) is 6.70. The first-order chi connectivity index (χ1) is 9.72. The van der Waals surface area contributed by atoms with Crippen LogP contribution in [0.25, 0.3) is 10.6 Å². The summed E-state index contributed by atoms with van der Waals surface area (Å²) in [4.78, 5) is 0. The van der Waals surface area contributed by atoms with Gasteiger partial charge in [0.25, 0.3) is 0 Å². The van der Waals surface area contributed by atoms with Gasteiger partial charge in [-0.25, -0.2) is 4.39 Å². The standard InChI is InChI=1S/C14H17BrFN3S/c1-2-8-17-9-4-7-12-18-19-14(20-12)10-5-3-6-11(15)13(10)16/h3,5-6,17H,2,4,7-9H2,1H3. The number of nitrogens with one attached hydrogen (secondary N) is 1. The van der Waals surface area contributed by atoms with E-state index in [2.05, 4.69) is 38.4 Å². The Kier molecular flexibility index (Phi) is 6.06.